The molecule has 0 saturated carbocycles. The largest absolute Gasteiger partial charge is 0.473 e. The fourth-order valence-electron chi connectivity index (χ4n) is 0.863. The van der Waals surface area contributed by atoms with Crippen molar-refractivity contribution in [2.45, 2.75) is 13.1 Å². The highest BCUT2D eigenvalue weighted by Crippen LogP contribution is 2.29. The van der Waals surface area contributed by atoms with Crippen LogP contribution in [0.4, 0.5) is 13.2 Å². The molecule has 0 N–H and O–H groups in total. The maximum absolute atomic E-state index is 12.1. The molecule has 0 aliphatic rings. The zero-order valence-corrected chi connectivity index (χ0v) is 8.08. The molecular formula is C10H10F3NO. The lowest BCUT2D eigenvalue weighted by Crippen LogP contribution is -2.05. The van der Waals surface area contributed by atoms with Crippen molar-refractivity contribution in [3.63, 3.8) is 0 Å². The molecule has 0 saturated heterocycles. The second-order valence-electron chi connectivity index (χ2n) is 2.76. The molecule has 82 valence electrons. The summed E-state index contributed by atoms with van der Waals surface area (Å²) in [6.07, 6.45) is -0.0801. The van der Waals surface area contributed by atoms with E-state index in [1.54, 1.807) is 12.2 Å². The average molecular weight is 217 g/mol. The summed E-state index contributed by atoms with van der Waals surface area (Å²) in [5, 5.41) is 0. The normalized spacial score (nSPS) is 12.0. The topological polar surface area (TPSA) is 22.1 Å². The molecule has 2 nitrogen and oxygen atoms in total. The lowest BCUT2D eigenvalue weighted by Gasteiger charge is -2.06. The van der Waals surface area contributed by atoms with Gasteiger partial charge in [0.25, 0.3) is 0 Å². The highest BCUT2D eigenvalue weighted by atomic mass is 19.4. The molecule has 0 spiro atoms. The Hall–Kier alpha value is -1.52. The zero-order valence-electron chi connectivity index (χ0n) is 8.08. The van der Waals surface area contributed by atoms with E-state index in [0.717, 1.165) is 12.3 Å². The zero-order chi connectivity index (χ0) is 11.3. The summed E-state index contributed by atoms with van der Waals surface area (Å²) in [7, 11) is 0. The number of aromatic nitrogens is 1. The van der Waals surface area contributed by atoms with Gasteiger partial charge in [-0.15, -0.1) is 0 Å². The van der Waals surface area contributed by atoms with E-state index in [2.05, 4.69) is 4.98 Å². The van der Waals surface area contributed by atoms with E-state index in [9.17, 15) is 13.2 Å². The highest BCUT2D eigenvalue weighted by molar-refractivity contribution is 5.20. The molecule has 0 atom stereocenters. The van der Waals surface area contributed by atoms with Crippen LogP contribution in [0.25, 0.3) is 0 Å². The van der Waals surface area contributed by atoms with E-state index in [1.165, 1.54) is 6.07 Å². The molecule has 15 heavy (non-hydrogen) atoms. The number of nitrogens with zero attached hydrogens (tertiary/aromatic N) is 1. The van der Waals surface area contributed by atoms with Gasteiger partial charge < -0.3 is 4.74 Å². The number of ether oxygens (including phenoxy) is 1. The van der Waals surface area contributed by atoms with Gasteiger partial charge in [0.2, 0.25) is 5.88 Å². The Morgan fingerprint density at radius 3 is 2.60 bits per heavy atom. The number of hydrogen-bond donors (Lipinski definition) is 0. The van der Waals surface area contributed by atoms with Crippen molar-refractivity contribution in [2.75, 3.05) is 6.61 Å². The van der Waals surface area contributed by atoms with Gasteiger partial charge in [0.05, 0.1) is 5.56 Å². The van der Waals surface area contributed by atoms with Gasteiger partial charge in [-0.25, -0.2) is 4.98 Å². The number of pyridine rings is 1. The molecule has 0 aromatic carbocycles. The van der Waals surface area contributed by atoms with Gasteiger partial charge in [0, 0.05) is 12.3 Å². The van der Waals surface area contributed by atoms with Crippen molar-refractivity contribution in [3.05, 3.63) is 36.0 Å². The highest BCUT2D eigenvalue weighted by Gasteiger charge is 2.30. The summed E-state index contributed by atoms with van der Waals surface area (Å²) in [5.41, 5.74) is -0.777. The van der Waals surface area contributed by atoms with Crippen molar-refractivity contribution >= 4 is 0 Å². The average Bonchev–Trinajstić information content (AvgIpc) is 2.18. The van der Waals surface area contributed by atoms with Crippen LogP contribution in [0.2, 0.25) is 0 Å². The first-order valence-corrected chi connectivity index (χ1v) is 4.31. The van der Waals surface area contributed by atoms with Crippen molar-refractivity contribution in [1.29, 1.82) is 0 Å². The SMILES string of the molecule is C/C=C/COc1ccc(C(F)(F)F)cn1. The molecule has 0 aliphatic heterocycles. The van der Waals surface area contributed by atoms with E-state index < -0.39 is 11.7 Å². The van der Waals surface area contributed by atoms with Crippen molar-refractivity contribution < 1.29 is 17.9 Å². The van der Waals surface area contributed by atoms with Gasteiger partial charge in [-0.3, -0.25) is 0 Å². The van der Waals surface area contributed by atoms with Crippen LogP contribution < -0.4 is 4.74 Å². The number of halogens is 3. The molecular weight excluding hydrogens is 207 g/mol. The first-order valence-electron chi connectivity index (χ1n) is 4.31. The van der Waals surface area contributed by atoms with Crippen LogP contribution in [0.3, 0.4) is 0 Å². The van der Waals surface area contributed by atoms with Gasteiger partial charge in [-0.05, 0) is 13.0 Å². The standard InChI is InChI=1S/C10H10F3NO/c1-2-3-6-15-9-5-4-8(7-14-9)10(11,12)13/h2-5,7H,6H2,1H3/b3-2+. The van der Waals surface area contributed by atoms with E-state index in [0.29, 0.717) is 6.61 Å². The summed E-state index contributed by atoms with van der Waals surface area (Å²) >= 11 is 0. The van der Waals surface area contributed by atoms with Gasteiger partial charge in [0.1, 0.15) is 6.61 Å². The summed E-state index contributed by atoms with van der Waals surface area (Å²) in [6.45, 7) is 2.12. The first-order chi connectivity index (χ1) is 7.04. The monoisotopic (exact) mass is 217 g/mol. The fourth-order valence-corrected chi connectivity index (χ4v) is 0.863. The summed E-state index contributed by atoms with van der Waals surface area (Å²) in [5.74, 6) is 0.182. The summed E-state index contributed by atoms with van der Waals surface area (Å²) < 4.78 is 41.5. The Labute approximate surface area is 85.4 Å². The molecule has 0 radical (unpaired) electrons. The minimum absolute atomic E-state index is 0.182. The minimum atomic E-state index is -4.35. The van der Waals surface area contributed by atoms with Crippen LogP contribution in [-0.2, 0) is 6.18 Å². The Morgan fingerprint density at radius 2 is 2.13 bits per heavy atom. The Bertz CT molecular complexity index is 330. The lowest BCUT2D eigenvalue weighted by atomic mass is 10.3. The van der Waals surface area contributed by atoms with Crippen LogP contribution in [0, 0.1) is 0 Å². The van der Waals surface area contributed by atoms with Gasteiger partial charge in [0.15, 0.2) is 0 Å². The Kier molecular flexibility index (Phi) is 3.71. The second kappa shape index (κ2) is 4.82. The number of hydrogen-bond acceptors (Lipinski definition) is 2. The molecule has 1 aromatic rings. The molecule has 1 aromatic heterocycles. The second-order valence-corrected chi connectivity index (χ2v) is 2.76. The molecule has 0 unspecified atom stereocenters. The number of alkyl halides is 3. The summed E-state index contributed by atoms with van der Waals surface area (Å²) in [4.78, 5) is 3.54. The van der Waals surface area contributed by atoms with E-state index >= 15 is 0 Å². The van der Waals surface area contributed by atoms with E-state index in [4.69, 9.17) is 4.74 Å². The van der Waals surface area contributed by atoms with Crippen molar-refractivity contribution in [3.8, 4) is 5.88 Å². The lowest BCUT2D eigenvalue weighted by molar-refractivity contribution is -0.137. The van der Waals surface area contributed by atoms with Crippen LogP contribution in [0.1, 0.15) is 12.5 Å². The molecule has 0 amide bonds. The first kappa shape index (κ1) is 11.6. The molecule has 0 bridgehead atoms. The van der Waals surface area contributed by atoms with E-state index in [1.807, 2.05) is 6.92 Å². The van der Waals surface area contributed by atoms with Gasteiger partial charge in [-0.1, -0.05) is 12.2 Å². The maximum Gasteiger partial charge on any atom is 0.417 e. The summed E-state index contributed by atoms with van der Waals surface area (Å²) in [6, 6.07) is 2.14. The Morgan fingerprint density at radius 1 is 1.40 bits per heavy atom. The Balaban J connectivity index is 2.64. The molecule has 5 heteroatoms. The van der Waals surface area contributed by atoms with E-state index in [-0.39, 0.29) is 5.88 Å². The predicted molar refractivity (Wildman–Crippen MR) is 49.5 cm³/mol. The predicted octanol–water partition coefficient (Wildman–Crippen LogP) is 3.06. The molecule has 1 heterocycles. The van der Waals surface area contributed by atoms with Crippen molar-refractivity contribution in [2.24, 2.45) is 0 Å². The quantitative estimate of drug-likeness (QED) is 0.726. The molecule has 1 rings (SSSR count). The molecule has 0 aliphatic carbocycles. The van der Waals surface area contributed by atoms with Gasteiger partial charge >= 0.3 is 6.18 Å². The van der Waals surface area contributed by atoms with Crippen LogP contribution in [0.15, 0.2) is 30.5 Å². The maximum atomic E-state index is 12.1. The minimum Gasteiger partial charge on any atom is -0.473 e. The third-order valence-corrected chi connectivity index (χ3v) is 1.63. The van der Waals surface area contributed by atoms with Crippen LogP contribution in [0.5, 0.6) is 5.88 Å². The third-order valence-electron chi connectivity index (χ3n) is 1.63. The number of rotatable bonds is 3. The van der Waals surface area contributed by atoms with Crippen LogP contribution >= 0.6 is 0 Å². The van der Waals surface area contributed by atoms with Crippen molar-refractivity contribution in [1.82, 2.24) is 4.98 Å². The third kappa shape index (κ3) is 3.61. The fraction of sp³-hybridized carbons (Fsp3) is 0.300. The number of allylic oxidation sites excluding steroid dienone is 1. The van der Waals surface area contributed by atoms with Gasteiger partial charge in [-0.2, -0.15) is 13.2 Å². The molecule has 0 fully saturated rings. The smallest absolute Gasteiger partial charge is 0.417 e. The van der Waals surface area contributed by atoms with Crippen LogP contribution in [-0.4, -0.2) is 11.6 Å².